The van der Waals surface area contributed by atoms with Crippen molar-refractivity contribution in [2.24, 2.45) is 5.73 Å². The lowest BCUT2D eigenvalue weighted by atomic mass is 10.1. The van der Waals surface area contributed by atoms with Crippen molar-refractivity contribution >= 4 is 11.3 Å². The van der Waals surface area contributed by atoms with Crippen molar-refractivity contribution in [2.45, 2.75) is 32.0 Å². The number of ether oxygens (including phenoxy) is 1. The molecule has 3 nitrogen and oxygen atoms in total. The Bertz CT molecular complexity index is 315. The highest BCUT2D eigenvalue weighted by Crippen LogP contribution is 2.15. The molecule has 2 rings (SSSR count). The molecule has 0 radical (unpaired) electrons. The first-order valence-corrected chi connectivity index (χ1v) is 7.26. The number of nitrogens with two attached hydrogens (primary N) is 1. The molecule has 1 aliphatic heterocycles. The van der Waals surface area contributed by atoms with Gasteiger partial charge in [-0.3, -0.25) is 4.90 Å². The molecule has 17 heavy (non-hydrogen) atoms. The van der Waals surface area contributed by atoms with E-state index in [0.29, 0.717) is 12.2 Å². The topological polar surface area (TPSA) is 38.5 Å². The van der Waals surface area contributed by atoms with Crippen LogP contribution in [0.4, 0.5) is 0 Å². The van der Waals surface area contributed by atoms with Crippen molar-refractivity contribution < 1.29 is 4.74 Å². The van der Waals surface area contributed by atoms with E-state index in [9.17, 15) is 0 Å². The number of nitrogens with zero attached hydrogens (tertiary/aromatic N) is 1. The van der Waals surface area contributed by atoms with Gasteiger partial charge < -0.3 is 10.5 Å². The summed E-state index contributed by atoms with van der Waals surface area (Å²) in [7, 11) is 0. The summed E-state index contributed by atoms with van der Waals surface area (Å²) in [5.41, 5.74) is 5.60. The molecule has 0 saturated carbocycles. The third-order valence-corrected chi connectivity index (χ3v) is 4.08. The fourth-order valence-electron chi connectivity index (χ4n) is 2.39. The Hall–Kier alpha value is -0.420. The molecule has 4 heteroatoms. The molecular formula is C13H22N2OS. The van der Waals surface area contributed by atoms with E-state index < -0.39 is 0 Å². The summed E-state index contributed by atoms with van der Waals surface area (Å²) in [6.45, 7) is 6.09. The fourth-order valence-corrected chi connectivity index (χ4v) is 3.09. The number of rotatable bonds is 5. The highest BCUT2D eigenvalue weighted by molar-refractivity contribution is 7.09. The van der Waals surface area contributed by atoms with Crippen LogP contribution in [-0.4, -0.2) is 43.3 Å². The van der Waals surface area contributed by atoms with Crippen LogP contribution in [0.1, 0.15) is 18.2 Å². The molecule has 0 amide bonds. The highest BCUT2D eigenvalue weighted by Gasteiger charge is 2.24. The van der Waals surface area contributed by atoms with Crippen LogP contribution in [-0.2, 0) is 11.2 Å². The first-order valence-electron chi connectivity index (χ1n) is 6.38. The van der Waals surface area contributed by atoms with Gasteiger partial charge in [0.1, 0.15) is 0 Å². The second kappa shape index (κ2) is 6.50. The monoisotopic (exact) mass is 254 g/mol. The molecule has 0 bridgehead atoms. The minimum absolute atomic E-state index is 0.326. The fraction of sp³-hybridized carbons (Fsp3) is 0.692. The van der Waals surface area contributed by atoms with Crippen LogP contribution >= 0.6 is 11.3 Å². The van der Waals surface area contributed by atoms with Gasteiger partial charge in [0.25, 0.3) is 0 Å². The molecule has 1 fully saturated rings. The van der Waals surface area contributed by atoms with Gasteiger partial charge in [0.15, 0.2) is 0 Å². The Morgan fingerprint density at radius 3 is 3.12 bits per heavy atom. The average Bonchev–Trinajstić information content (AvgIpc) is 2.79. The summed E-state index contributed by atoms with van der Waals surface area (Å²) in [6.07, 6.45) is 2.79. The first-order chi connectivity index (χ1) is 8.28. The molecule has 1 aromatic heterocycles. The van der Waals surface area contributed by atoms with Crippen LogP contribution in [0, 0.1) is 0 Å². The zero-order valence-electron chi connectivity index (χ0n) is 10.5. The number of morpholine rings is 1. The number of thiophene rings is 1. The Labute approximate surface area is 108 Å². The van der Waals surface area contributed by atoms with Crippen LogP contribution in [0.3, 0.4) is 0 Å². The molecule has 0 spiro atoms. The molecule has 1 saturated heterocycles. The van der Waals surface area contributed by atoms with E-state index in [1.807, 2.05) is 11.3 Å². The summed E-state index contributed by atoms with van der Waals surface area (Å²) < 4.78 is 5.87. The lowest BCUT2D eigenvalue weighted by Crippen LogP contribution is -2.47. The zero-order valence-corrected chi connectivity index (χ0v) is 11.3. The minimum Gasteiger partial charge on any atom is -0.373 e. The van der Waals surface area contributed by atoms with Gasteiger partial charge in [-0.2, -0.15) is 0 Å². The quantitative estimate of drug-likeness (QED) is 0.869. The maximum atomic E-state index is 5.87. The van der Waals surface area contributed by atoms with Crippen molar-refractivity contribution in [3.05, 3.63) is 22.4 Å². The highest BCUT2D eigenvalue weighted by atomic mass is 32.1. The number of hydrogen-bond acceptors (Lipinski definition) is 4. The van der Waals surface area contributed by atoms with Gasteiger partial charge in [0.2, 0.25) is 0 Å². The molecule has 2 N–H and O–H groups in total. The van der Waals surface area contributed by atoms with Crippen LogP contribution in [0.15, 0.2) is 17.5 Å². The molecule has 0 aromatic carbocycles. The van der Waals surface area contributed by atoms with Gasteiger partial charge in [-0.25, -0.2) is 0 Å². The summed E-state index contributed by atoms with van der Waals surface area (Å²) in [6, 6.07) is 4.34. The Morgan fingerprint density at radius 2 is 2.41 bits per heavy atom. The smallest absolute Gasteiger partial charge is 0.0718 e. The van der Waals surface area contributed by atoms with Gasteiger partial charge in [0.05, 0.1) is 12.2 Å². The predicted molar refractivity (Wildman–Crippen MR) is 72.5 cm³/mol. The van der Waals surface area contributed by atoms with E-state index in [1.165, 1.54) is 4.88 Å². The summed E-state index contributed by atoms with van der Waals surface area (Å²) in [4.78, 5) is 3.98. The van der Waals surface area contributed by atoms with Crippen molar-refractivity contribution in [2.75, 3.05) is 26.2 Å². The zero-order chi connectivity index (χ0) is 12.1. The van der Waals surface area contributed by atoms with Crippen LogP contribution in [0.5, 0.6) is 0 Å². The molecule has 2 heterocycles. The Kier molecular flexibility index (Phi) is 4.98. The Balaban J connectivity index is 1.79. The lowest BCUT2D eigenvalue weighted by Gasteiger charge is -2.36. The van der Waals surface area contributed by atoms with Gasteiger partial charge in [-0.15, -0.1) is 11.3 Å². The van der Waals surface area contributed by atoms with Gasteiger partial charge in [0, 0.05) is 24.5 Å². The minimum atomic E-state index is 0.326. The maximum Gasteiger partial charge on any atom is 0.0718 e. The maximum absolute atomic E-state index is 5.87. The van der Waals surface area contributed by atoms with Crippen molar-refractivity contribution in [3.8, 4) is 0 Å². The molecule has 0 aliphatic carbocycles. The normalized spacial score (nSPS) is 26.2. The van der Waals surface area contributed by atoms with Gasteiger partial charge in [-0.1, -0.05) is 6.07 Å². The van der Waals surface area contributed by atoms with E-state index >= 15 is 0 Å². The molecule has 1 aromatic rings. The SMILES string of the molecule is CC1CN(CCc2cccs2)CC(CCN)O1. The summed E-state index contributed by atoms with van der Waals surface area (Å²) in [5, 5.41) is 2.15. The van der Waals surface area contributed by atoms with Crippen LogP contribution in [0.2, 0.25) is 0 Å². The molecular weight excluding hydrogens is 232 g/mol. The van der Waals surface area contributed by atoms with Gasteiger partial charge in [-0.05, 0) is 37.8 Å². The third kappa shape index (κ3) is 4.07. The van der Waals surface area contributed by atoms with Crippen molar-refractivity contribution in [1.82, 2.24) is 4.90 Å². The third-order valence-electron chi connectivity index (χ3n) is 3.15. The van der Waals surface area contributed by atoms with Gasteiger partial charge >= 0.3 is 0 Å². The van der Waals surface area contributed by atoms with Crippen molar-refractivity contribution in [1.29, 1.82) is 0 Å². The van der Waals surface area contributed by atoms with E-state index in [0.717, 1.165) is 39.0 Å². The summed E-state index contributed by atoms with van der Waals surface area (Å²) >= 11 is 1.85. The van der Waals surface area contributed by atoms with E-state index in [2.05, 4.69) is 29.3 Å². The second-order valence-electron chi connectivity index (χ2n) is 4.73. The first kappa shape index (κ1) is 13.0. The van der Waals surface area contributed by atoms with E-state index in [4.69, 9.17) is 10.5 Å². The Morgan fingerprint density at radius 1 is 1.53 bits per heavy atom. The molecule has 2 unspecified atom stereocenters. The van der Waals surface area contributed by atoms with Crippen LogP contribution < -0.4 is 5.73 Å². The largest absolute Gasteiger partial charge is 0.373 e. The molecule has 96 valence electrons. The standard InChI is InChI=1S/C13H22N2OS/c1-11-9-15(10-12(16-11)4-6-14)7-5-13-3-2-8-17-13/h2-3,8,11-12H,4-7,9-10,14H2,1H3. The van der Waals surface area contributed by atoms with E-state index in [1.54, 1.807) is 0 Å². The van der Waals surface area contributed by atoms with Crippen molar-refractivity contribution in [3.63, 3.8) is 0 Å². The van der Waals surface area contributed by atoms with Crippen LogP contribution in [0.25, 0.3) is 0 Å². The predicted octanol–water partition coefficient (Wildman–Crippen LogP) is 1.73. The number of hydrogen-bond donors (Lipinski definition) is 1. The summed E-state index contributed by atoms with van der Waals surface area (Å²) in [5.74, 6) is 0. The van der Waals surface area contributed by atoms with E-state index in [-0.39, 0.29) is 0 Å². The average molecular weight is 254 g/mol. The second-order valence-corrected chi connectivity index (χ2v) is 5.77. The lowest BCUT2D eigenvalue weighted by molar-refractivity contribution is -0.0780. The molecule has 2 atom stereocenters. The molecule has 1 aliphatic rings.